The number of rotatable bonds is 5. The smallest absolute Gasteiger partial charge is 0.143 e. The first-order valence-electron chi connectivity index (χ1n) is 18.4. The van der Waals surface area contributed by atoms with Gasteiger partial charge in [-0.25, -0.2) is 0 Å². The first-order chi connectivity index (χ1) is 26.8. The molecular weight excluding hydrogens is 657 g/mol. The Morgan fingerprint density at radius 3 is 1.31 bits per heavy atom. The van der Waals surface area contributed by atoms with E-state index in [1.807, 2.05) is 6.07 Å². The summed E-state index contributed by atoms with van der Waals surface area (Å²) >= 11 is 0. The zero-order valence-corrected chi connectivity index (χ0v) is 29.3. The van der Waals surface area contributed by atoms with Crippen molar-refractivity contribution in [1.82, 2.24) is 0 Å². The molecule has 2 heterocycles. The van der Waals surface area contributed by atoms with E-state index in [-0.39, 0.29) is 0 Å². The minimum absolute atomic E-state index is 0.838. The Morgan fingerprint density at radius 1 is 0.259 bits per heavy atom. The highest BCUT2D eigenvalue weighted by molar-refractivity contribution is 6.28. The average Bonchev–Trinajstić information content (AvgIpc) is 3.83. The molecule has 11 rings (SSSR count). The molecule has 0 fully saturated rings. The van der Waals surface area contributed by atoms with E-state index in [1.54, 1.807) is 0 Å². The Kier molecular flexibility index (Phi) is 6.90. The van der Waals surface area contributed by atoms with Crippen molar-refractivity contribution in [3.05, 3.63) is 194 Å². The van der Waals surface area contributed by atoms with Crippen LogP contribution in [0, 0.1) is 0 Å². The second-order valence-electron chi connectivity index (χ2n) is 13.9. The summed E-state index contributed by atoms with van der Waals surface area (Å²) in [6.45, 7) is 0. The Labute approximate surface area is 312 Å². The summed E-state index contributed by atoms with van der Waals surface area (Å²) in [4.78, 5) is 0. The van der Waals surface area contributed by atoms with E-state index in [4.69, 9.17) is 8.83 Å². The SMILES string of the molecule is c1ccc(-c2ccccc2-c2c3ccccc3c(-c3cccc4c3oc3ccc5oc(-c6ccccc6)c(-c6ccccc6)c5c34)c3ccccc23)cc1. The van der Waals surface area contributed by atoms with Crippen LogP contribution >= 0.6 is 0 Å². The van der Waals surface area contributed by atoms with Crippen molar-refractivity contribution in [2.24, 2.45) is 0 Å². The first-order valence-corrected chi connectivity index (χ1v) is 18.4. The second-order valence-corrected chi connectivity index (χ2v) is 13.9. The fraction of sp³-hybridized carbons (Fsp3) is 0. The molecule has 54 heavy (non-hydrogen) atoms. The predicted molar refractivity (Wildman–Crippen MR) is 226 cm³/mol. The third kappa shape index (κ3) is 4.60. The second kappa shape index (κ2) is 12.2. The van der Waals surface area contributed by atoms with Crippen LogP contribution < -0.4 is 0 Å². The van der Waals surface area contributed by atoms with Gasteiger partial charge in [0.05, 0.1) is 0 Å². The van der Waals surface area contributed by atoms with Crippen LogP contribution in [0.15, 0.2) is 203 Å². The third-order valence-corrected chi connectivity index (χ3v) is 10.9. The van der Waals surface area contributed by atoms with Crippen molar-refractivity contribution in [1.29, 1.82) is 0 Å². The first kappa shape index (κ1) is 30.5. The van der Waals surface area contributed by atoms with Crippen LogP contribution in [0.5, 0.6) is 0 Å². The molecular formula is C52H32O2. The van der Waals surface area contributed by atoms with Crippen LogP contribution in [0.2, 0.25) is 0 Å². The number of hydrogen-bond acceptors (Lipinski definition) is 2. The van der Waals surface area contributed by atoms with Gasteiger partial charge in [0.25, 0.3) is 0 Å². The molecule has 9 aromatic carbocycles. The lowest BCUT2D eigenvalue weighted by atomic mass is 9.83. The molecule has 0 aliphatic heterocycles. The molecule has 0 aliphatic rings. The largest absolute Gasteiger partial charge is 0.455 e. The Morgan fingerprint density at radius 2 is 0.704 bits per heavy atom. The lowest BCUT2D eigenvalue weighted by Crippen LogP contribution is -1.92. The van der Waals surface area contributed by atoms with Crippen LogP contribution in [0.4, 0.5) is 0 Å². The van der Waals surface area contributed by atoms with Crippen LogP contribution in [0.3, 0.4) is 0 Å². The van der Waals surface area contributed by atoms with Gasteiger partial charge in [0, 0.05) is 38.4 Å². The summed E-state index contributed by atoms with van der Waals surface area (Å²) in [5.74, 6) is 0.859. The highest BCUT2D eigenvalue weighted by atomic mass is 16.3. The number of hydrogen-bond donors (Lipinski definition) is 0. The van der Waals surface area contributed by atoms with Crippen molar-refractivity contribution in [3.63, 3.8) is 0 Å². The van der Waals surface area contributed by atoms with Crippen molar-refractivity contribution < 1.29 is 8.83 Å². The summed E-state index contributed by atoms with van der Waals surface area (Å²) in [5.41, 5.74) is 12.9. The maximum absolute atomic E-state index is 7.00. The zero-order valence-electron chi connectivity index (χ0n) is 29.3. The fourth-order valence-electron chi connectivity index (χ4n) is 8.63. The van der Waals surface area contributed by atoms with Gasteiger partial charge in [-0.2, -0.15) is 0 Å². The summed E-state index contributed by atoms with van der Waals surface area (Å²) in [6.07, 6.45) is 0. The molecule has 0 unspecified atom stereocenters. The third-order valence-electron chi connectivity index (χ3n) is 10.9. The maximum atomic E-state index is 7.00. The van der Waals surface area contributed by atoms with Gasteiger partial charge in [-0.05, 0) is 61.5 Å². The molecule has 0 saturated carbocycles. The molecule has 2 heteroatoms. The minimum Gasteiger partial charge on any atom is -0.455 e. The molecule has 0 radical (unpaired) electrons. The van der Waals surface area contributed by atoms with E-state index in [0.29, 0.717) is 0 Å². The quantitative estimate of drug-likeness (QED) is 0.168. The Bertz CT molecular complexity index is 3130. The summed E-state index contributed by atoms with van der Waals surface area (Å²) < 4.78 is 13.8. The lowest BCUT2D eigenvalue weighted by Gasteiger charge is -2.19. The Balaban J connectivity index is 1.23. The van der Waals surface area contributed by atoms with Gasteiger partial charge in [0.15, 0.2) is 0 Å². The molecule has 11 aromatic rings. The number of furan rings is 2. The predicted octanol–water partition coefficient (Wildman–Crippen LogP) is 15.0. The van der Waals surface area contributed by atoms with E-state index in [0.717, 1.165) is 60.9 Å². The van der Waals surface area contributed by atoms with Crippen molar-refractivity contribution in [2.75, 3.05) is 0 Å². The summed E-state index contributed by atoms with van der Waals surface area (Å²) in [7, 11) is 0. The standard InChI is InChI=1S/C52H32O2/c1-4-17-33(18-5-1)36-23-10-11-24-37(36)47-38-25-12-14-27-40(38)48(41-28-15-13-26-39(41)47)42-29-16-30-43-49-44(54-52(42)43)31-32-45-50(49)46(34-19-6-2-7-20-34)51(53-45)35-21-8-3-9-22-35/h1-32H. The number of para-hydroxylation sites is 1. The van der Waals surface area contributed by atoms with Gasteiger partial charge in [-0.3, -0.25) is 0 Å². The molecule has 0 amide bonds. The summed E-state index contributed by atoms with van der Waals surface area (Å²) in [5, 5.41) is 7.99. The van der Waals surface area contributed by atoms with E-state index in [1.165, 1.54) is 49.4 Å². The van der Waals surface area contributed by atoms with Crippen molar-refractivity contribution in [2.45, 2.75) is 0 Å². The maximum Gasteiger partial charge on any atom is 0.143 e. The molecule has 0 N–H and O–H groups in total. The minimum atomic E-state index is 0.838. The molecule has 0 aliphatic carbocycles. The average molecular weight is 689 g/mol. The monoisotopic (exact) mass is 688 g/mol. The fourth-order valence-corrected chi connectivity index (χ4v) is 8.63. The highest BCUT2D eigenvalue weighted by Gasteiger charge is 2.25. The van der Waals surface area contributed by atoms with Gasteiger partial charge in [0.1, 0.15) is 22.5 Å². The normalized spacial score (nSPS) is 11.7. The molecule has 0 saturated heterocycles. The topological polar surface area (TPSA) is 26.3 Å². The lowest BCUT2D eigenvalue weighted by molar-refractivity contribution is 0.632. The van der Waals surface area contributed by atoms with Gasteiger partial charge < -0.3 is 8.83 Å². The van der Waals surface area contributed by atoms with E-state index >= 15 is 0 Å². The van der Waals surface area contributed by atoms with Crippen molar-refractivity contribution >= 4 is 54.5 Å². The van der Waals surface area contributed by atoms with Crippen molar-refractivity contribution in [3.8, 4) is 55.8 Å². The van der Waals surface area contributed by atoms with Gasteiger partial charge in [0.2, 0.25) is 0 Å². The molecule has 0 bridgehead atoms. The van der Waals surface area contributed by atoms with E-state index in [9.17, 15) is 0 Å². The molecule has 252 valence electrons. The molecule has 0 atom stereocenters. The number of benzene rings is 9. The van der Waals surface area contributed by atoms with E-state index < -0.39 is 0 Å². The zero-order chi connectivity index (χ0) is 35.6. The van der Waals surface area contributed by atoms with Crippen LogP contribution in [-0.2, 0) is 0 Å². The Hall–Kier alpha value is -7.16. The molecule has 0 spiro atoms. The highest BCUT2D eigenvalue weighted by Crippen LogP contribution is 2.50. The molecule has 2 aromatic heterocycles. The summed E-state index contributed by atoms with van der Waals surface area (Å²) in [6, 6.07) is 68.8. The van der Waals surface area contributed by atoms with Crippen LogP contribution in [0.1, 0.15) is 0 Å². The van der Waals surface area contributed by atoms with Crippen LogP contribution in [-0.4, -0.2) is 0 Å². The molecule has 2 nitrogen and oxygen atoms in total. The van der Waals surface area contributed by atoms with Gasteiger partial charge >= 0.3 is 0 Å². The number of fused-ring (bicyclic) bond motifs is 7. The van der Waals surface area contributed by atoms with Gasteiger partial charge in [-0.1, -0.05) is 182 Å². The van der Waals surface area contributed by atoms with Crippen LogP contribution in [0.25, 0.3) is 110 Å². The van der Waals surface area contributed by atoms with E-state index in [2.05, 4.69) is 188 Å². The van der Waals surface area contributed by atoms with Gasteiger partial charge in [-0.15, -0.1) is 0 Å².